The number of nitrogens with zero attached hydrogens (tertiary/aromatic N) is 1. The number of carbonyl (C=O) groups is 3. The van der Waals surface area contributed by atoms with Gasteiger partial charge in [0, 0.05) is 29.6 Å². The molecule has 1 amide bonds. The van der Waals surface area contributed by atoms with Crippen LogP contribution in [0.25, 0.3) is 5.76 Å². The van der Waals surface area contributed by atoms with Gasteiger partial charge in [-0.1, -0.05) is 12.8 Å². The van der Waals surface area contributed by atoms with Crippen molar-refractivity contribution in [2.24, 2.45) is 17.6 Å². The fourth-order valence-electron chi connectivity index (χ4n) is 6.85. The van der Waals surface area contributed by atoms with Crippen LogP contribution in [0.15, 0.2) is 23.0 Å². The van der Waals surface area contributed by atoms with E-state index >= 15 is 4.39 Å². The Morgan fingerprint density at radius 1 is 1.21 bits per heavy atom. The number of halogens is 1. The van der Waals surface area contributed by atoms with Crippen LogP contribution in [0.4, 0.5) is 4.39 Å². The molecule has 0 radical (unpaired) electrons. The van der Waals surface area contributed by atoms with Crippen molar-refractivity contribution in [3.63, 3.8) is 0 Å². The molecule has 0 aromatic heterocycles. The van der Waals surface area contributed by atoms with E-state index in [-0.39, 0.29) is 47.7 Å². The second-order valence-corrected chi connectivity index (χ2v) is 11.0. The number of rotatable bonds is 5. The first-order chi connectivity index (χ1) is 17.9. The van der Waals surface area contributed by atoms with Gasteiger partial charge in [0.25, 0.3) is 5.91 Å². The summed E-state index contributed by atoms with van der Waals surface area (Å²) in [5.74, 6) is -8.02. The van der Waals surface area contributed by atoms with Gasteiger partial charge < -0.3 is 31.5 Å². The Balaban J connectivity index is 1.62. The van der Waals surface area contributed by atoms with E-state index in [2.05, 4.69) is 5.32 Å². The van der Waals surface area contributed by atoms with Crippen molar-refractivity contribution in [2.75, 3.05) is 14.1 Å². The molecule has 4 aliphatic carbocycles. The number of likely N-dealkylation sites (N-methyl/N-ethyl adjacent to an activating group) is 1. The average Bonchev–Trinajstić information content (AvgIpc) is 3.34. The van der Waals surface area contributed by atoms with Crippen LogP contribution < -0.4 is 11.1 Å². The molecule has 7 N–H and O–H groups in total. The van der Waals surface area contributed by atoms with E-state index in [0.29, 0.717) is 0 Å². The molecule has 0 bridgehead atoms. The van der Waals surface area contributed by atoms with Crippen molar-refractivity contribution in [1.29, 1.82) is 0 Å². The second-order valence-electron chi connectivity index (χ2n) is 11.0. The summed E-state index contributed by atoms with van der Waals surface area (Å²) in [6.45, 7) is 0.0275. The maximum Gasteiger partial charge on any atom is 0.255 e. The minimum atomic E-state index is -2.70. The van der Waals surface area contributed by atoms with Crippen LogP contribution in [0.2, 0.25) is 0 Å². The third kappa shape index (κ3) is 3.67. The first kappa shape index (κ1) is 26.3. The zero-order valence-corrected chi connectivity index (χ0v) is 21.3. The van der Waals surface area contributed by atoms with Crippen LogP contribution in [0.3, 0.4) is 0 Å². The maximum absolute atomic E-state index is 15.1. The Labute approximate surface area is 218 Å². The van der Waals surface area contributed by atoms with Crippen molar-refractivity contribution in [3.8, 4) is 5.75 Å². The summed E-state index contributed by atoms with van der Waals surface area (Å²) in [5, 5.41) is 48.0. The summed E-state index contributed by atoms with van der Waals surface area (Å²) >= 11 is 0. The van der Waals surface area contributed by atoms with Gasteiger partial charge in [-0.2, -0.15) is 0 Å². The fourth-order valence-corrected chi connectivity index (χ4v) is 6.85. The predicted octanol–water partition coefficient (Wildman–Crippen LogP) is 1.14. The maximum atomic E-state index is 15.1. The Kier molecular flexibility index (Phi) is 6.36. The van der Waals surface area contributed by atoms with Gasteiger partial charge in [-0.05, 0) is 57.3 Å². The second kappa shape index (κ2) is 9.18. The number of amides is 1. The van der Waals surface area contributed by atoms with Crippen LogP contribution in [0, 0.1) is 17.7 Å². The van der Waals surface area contributed by atoms with E-state index in [1.54, 1.807) is 0 Å². The van der Waals surface area contributed by atoms with Crippen LogP contribution in [-0.2, 0) is 27.3 Å². The number of primary amides is 1. The molecular weight excluding hydrogens is 497 g/mol. The standard InChI is InChI=1S/C27H32FN3O7/c1-31(2)20-15-8-11-7-12-9-16(28)14(10-30-13-5-3-4-6-13)21(32)17(12)22(33)18(11)24(35)27(15,38)25(36)19(23(20)34)26(29)37/h9,11,13,15,20,30,32-33,36,38H,3-8,10H2,1-2H3,(H2,29,37)/t11-,15-,20-,27-/m0/s1. The third-order valence-electron chi connectivity index (χ3n) is 8.68. The van der Waals surface area contributed by atoms with Crippen LogP contribution in [0.1, 0.15) is 48.8 Å². The monoisotopic (exact) mass is 529 g/mol. The molecule has 4 aliphatic rings. The quantitative estimate of drug-likeness (QED) is 0.306. The zero-order chi connectivity index (χ0) is 27.7. The average molecular weight is 530 g/mol. The largest absolute Gasteiger partial charge is 0.508 e. The molecule has 2 fully saturated rings. The van der Waals surface area contributed by atoms with E-state index in [9.17, 15) is 34.8 Å². The Hall–Kier alpha value is -3.28. The molecule has 38 heavy (non-hydrogen) atoms. The van der Waals surface area contributed by atoms with E-state index in [0.717, 1.165) is 25.7 Å². The summed E-state index contributed by atoms with van der Waals surface area (Å²) in [7, 11) is 3.06. The number of hydrogen-bond acceptors (Lipinski definition) is 9. The van der Waals surface area contributed by atoms with E-state index in [1.807, 2.05) is 0 Å². The first-order valence-corrected chi connectivity index (χ1v) is 12.8. The van der Waals surface area contributed by atoms with Crippen molar-refractivity contribution < 1.29 is 39.2 Å². The van der Waals surface area contributed by atoms with Gasteiger partial charge in [0.1, 0.15) is 28.7 Å². The number of phenolic OH excluding ortho intramolecular Hbond substituents is 1. The van der Waals surface area contributed by atoms with Gasteiger partial charge in [-0.3, -0.25) is 19.3 Å². The molecule has 11 heteroatoms. The number of aromatic hydroxyl groups is 1. The lowest BCUT2D eigenvalue weighted by Crippen LogP contribution is -2.65. The molecule has 4 atom stereocenters. The van der Waals surface area contributed by atoms with Crippen LogP contribution in [0.5, 0.6) is 5.75 Å². The summed E-state index contributed by atoms with van der Waals surface area (Å²) in [6, 6.07) is 0.263. The van der Waals surface area contributed by atoms with E-state index < -0.39 is 69.6 Å². The minimum Gasteiger partial charge on any atom is -0.508 e. The van der Waals surface area contributed by atoms with Crippen molar-refractivity contribution in [1.82, 2.24) is 10.2 Å². The number of fused-ring (bicyclic) bond motifs is 3. The topological polar surface area (TPSA) is 173 Å². The summed E-state index contributed by atoms with van der Waals surface area (Å²) < 4.78 is 15.1. The molecule has 0 saturated heterocycles. The number of phenols is 1. The number of benzene rings is 1. The lowest BCUT2D eigenvalue weighted by atomic mass is 9.57. The molecule has 0 spiro atoms. The van der Waals surface area contributed by atoms with Gasteiger partial charge in [0.2, 0.25) is 5.78 Å². The van der Waals surface area contributed by atoms with Crippen molar-refractivity contribution in [2.45, 2.75) is 62.8 Å². The SMILES string of the molecule is CN(C)[C@@H]1C(=O)C(C(N)=O)=C(O)[C@@]2(O)C(=O)C3=C(O)c4c(cc(F)c(CNC5CCCC5)c4O)C[C@H]3C[C@@H]12. The molecule has 0 unspecified atom stereocenters. The Morgan fingerprint density at radius 2 is 1.87 bits per heavy atom. The Morgan fingerprint density at radius 3 is 2.47 bits per heavy atom. The molecule has 0 heterocycles. The Bertz CT molecular complexity index is 1310. The van der Waals surface area contributed by atoms with Crippen molar-refractivity contribution >= 4 is 23.2 Å². The number of Topliss-reactive ketones (excluding diaryl/α,β-unsaturated/α-hetero) is 2. The van der Waals surface area contributed by atoms with Crippen LogP contribution >= 0.6 is 0 Å². The normalized spacial score (nSPS) is 29.6. The van der Waals surface area contributed by atoms with Gasteiger partial charge in [0.05, 0.1) is 11.6 Å². The molecule has 10 nitrogen and oxygen atoms in total. The molecule has 1 aromatic rings. The number of nitrogens with two attached hydrogens (primary N) is 1. The van der Waals surface area contributed by atoms with E-state index in [1.165, 1.54) is 25.1 Å². The number of carbonyl (C=O) groups excluding carboxylic acids is 3. The molecule has 204 valence electrons. The smallest absolute Gasteiger partial charge is 0.255 e. The van der Waals surface area contributed by atoms with Crippen LogP contribution in [-0.4, -0.2) is 74.6 Å². The lowest BCUT2D eigenvalue weighted by molar-refractivity contribution is -0.153. The number of nitrogens with one attached hydrogen (secondary N) is 1. The number of ketones is 2. The van der Waals surface area contributed by atoms with Gasteiger partial charge >= 0.3 is 0 Å². The summed E-state index contributed by atoms with van der Waals surface area (Å²) in [4.78, 5) is 40.4. The van der Waals surface area contributed by atoms with Gasteiger partial charge in [-0.15, -0.1) is 0 Å². The first-order valence-electron chi connectivity index (χ1n) is 12.8. The molecule has 0 aliphatic heterocycles. The number of hydrogen-bond donors (Lipinski definition) is 6. The molecule has 2 saturated carbocycles. The van der Waals surface area contributed by atoms with Gasteiger partial charge in [-0.25, -0.2) is 4.39 Å². The lowest BCUT2D eigenvalue weighted by Gasteiger charge is -2.50. The predicted molar refractivity (Wildman–Crippen MR) is 133 cm³/mol. The molecule has 1 aromatic carbocycles. The third-order valence-corrected chi connectivity index (χ3v) is 8.68. The highest BCUT2D eigenvalue weighted by Gasteiger charge is 2.64. The number of aliphatic hydroxyl groups excluding tert-OH is 2. The zero-order valence-electron chi connectivity index (χ0n) is 21.3. The van der Waals surface area contributed by atoms with Gasteiger partial charge in [0.15, 0.2) is 11.4 Å². The highest BCUT2D eigenvalue weighted by molar-refractivity contribution is 6.24. The highest BCUT2D eigenvalue weighted by atomic mass is 19.1. The fraction of sp³-hybridized carbons (Fsp3) is 0.519. The minimum absolute atomic E-state index is 0.0275. The highest BCUT2D eigenvalue weighted by Crippen LogP contribution is 2.53. The summed E-state index contributed by atoms with van der Waals surface area (Å²) in [5.41, 5.74) is 1.64. The molecular formula is C27H32FN3O7. The van der Waals surface area contributed by atoms with Crippen molar-refractivity contribution in [3.05, 3.63) is 45.5 Å². The van der Waals surface area contributed by atoms with E-state index in [4.69, 9.17) is 5.73 Å². The number of aliphatic hydroxyl groups is 3. The summed E-state index contributed by atoms with van der Waals surface area (Å²) in [6.07, 6.45) is 4.03. The molecule has 5 rings (SSSR count).